The molecule has 4 fully saturated rings. The van der Waals surface area contributed by atoms with Gasteiger partial charge in [-0.1, -0.05) is 54.6 Å². The molecule has 27 heavy (non-hydrogen) atoms. The fourth-order valence-corrected chi connectivity index (χ4v) is 6.18. The van der Waals surface area contributed by atoms with Crippen molar-refractivity contribution < 1.29 is 14.6 Å². The first kappa shape index (κ1) is 17.0. The summed E-state index contributed by atoms with van der Waals surface area (Å²) < 4.78 is 5.75. The van der Waals surface area contributed by atoms with Crippen LogP contribution in [0.3, 0.4) is 0 Å². The minimum atomic E-state index is -0.625. The van der Waals surface area contributed by atoms with Crippen molar-refractivity contribution in [2.24, 2.45) is 17.3 Å². The van der Waals surface area contributed by atoms with Crippen LogP contribution < -0.4 is 0 Å². The van der Waals surface area contributed by atoms with Crippen LogP contribution in [0.5, 0.6) is 0 Å². The maximum atomic E-state index is 13.0. The molecule has 2 atom stereocenters. The SMILES string of the molecule is O=C(OCc1ccc(-c2ccccc2)cc1)C12CC3CC(CC(O)(C3)C1)C2. The molecule has 0 amide bonds. The van der Waals surface area contributed by atoms with Gasteiger partial charge in [0.2, 0.25) is 0 Å². The number of benzene rings is 2. The highest BCUT2D eigenvalue weighted by molar-refractivity contribution is 5.78. The smallest absolute Gasteiger partial charge is 0.312 e. The van der Waals surface area contributed by atoms with Gasteiger partial charge in [-0.05, 0) is 67.1 Å². The molecule has 0 heterocycles. The summed E-state index contributed by atoms with van der Waals surface area (Å²) >= 11 is 0. The van der Waals surface area contributed by atoms with Crippen molar-refractivity contribution in [2.45, 2.75) is 50.7 Å². The number of esters is 1. The average molecular weight is 362 g/mol. The molecule has 4 saturated carbocycles. The number of rotatable bonds is 4. The van der Waals surface area contributed by atoms with Crippen LogP contribution in [0.25, 0.3) is 11.1 Å². The largest absolute Gasteiger partial charge is 0.460 e. The Kier molecular flexibility index (Phi) is 3.90. The summed E-state index contributed by atoms with van der Waals surface area (Å²) in [6.07, 6.45) is 5.32. The summed E-state index contributed by atoms with van der Waals surface area (Å²) in [6.45, 7) is 0.309. The molecule has 3 nitrogen and oxygen atoms in total. The molecule has 0 radical (unpaired) electrons. The molecule has 0 aromatic heterocycles. The zero-order valence-electron chi connectivity index (χ0n) is 15.6. The van der Waals surface area contributed by atoms with Crippen molar-refractivity contribution in [2.75, 3.05) is 0 Å². The van der Waals surface area contributed by atoms with Crippen molar-refractivity contribution in [1.29, 1.82) is 0 Å². The van der Waals surface area contributed by atoms with Gasteiger partial charge >= 0.3 is 5.97 Å². The lowest BCUT2D eigenvalue weighted by Gasteiger charge is -2.58. The molecule has 2 aromatic carbocycles. The molecule has 1 N–H and O–H groups in total. The Bertz CT molecular complexity index is 826. The van der Waals surface area contributed by atoms with Crippen molar-refractivity contribution in [3.63, 3.8) is 0 Å². The van der Waals surface area contributed by atoms with Crippen LogP contribution in [-0.4, -0.2) is 16.7 Å². The topological polar surface area (TPSA) is 46.5 Å². The van der Waals surface area contributed by atoms with Crippen LogP contribution in [0.15, 0.2) is 54.6 Å². The van der Waals surface area contributed by atoms with Crippen molar-refractivity contribution >= 4 is 5.97 Å². The minimum absolute atomic E-state index is 0.0952. The van der Waals surface area contributed by atoms with Crippen molar-refractivity contribution in [1.82, 2.24) is 0 Å². The van der Waals surface area contributed by atoms with Gasteiger partial charge in [0, 0.05) is 0 Å². The molecule has 2 aromatic rings. The lowest BCUT2D eigenvalue weighted by atomic mass is 9.48. The second-order valence-electron chi connectivity index (χ2n) is 9.10. The van der Waals surface area contributed by atoms with E-state index in [0.717, 1.165) is 36.8 Å². The fourth-order valence-electron chi connectivity index (χ4n) is 6.18. The maximum Gasteiger partial charge on any atom is 0.312 e. The number of hydrogen-bond acceptors (Lipinski definition) is 3. The minimum Gasteiger partial charge on any atom is -0.460 e. The van der Waals surface area contributed by atoms with Gasteiger partial charge < -0.3 is 9.84 Å². The Morgan fingerprint density at radius 3 is 2.19 bits per heavy atom. The molecule has 0 aliphatic heterocycles. The third kappa shape index (κ3) is 3.08. The molecule has 0 saturated heterocycles. The molecule has 0 spiro atoms. The van der Waals surface area contributed by atoms with Gasteiger partial charge in [-0.25, -0.2) is 0 Å². The predicted molar refractivity (Wildman–Crippen MR) is 104 cm³/mol. The highest BCUT2D eigenvalue weighted by Gasteiger charge is 2.60. The van der Waals surface area contributed by atoms with Crippen molar-refractivity contribution in [3.8, 4) is 11.1 Å². The molecule has 3 heteroatoms. The number of ether oxygens (including phenoxy) is 1. The van der Waals surface area contributed by atoms with Gasteiger partial charge in [0.15, 0.2) is 0 Å². The lowest BCUT2D eigenvalue weighted by Crippen LogP contribution is -2.58. The Labute approximate surface area is 160 Å². The van der Waals surface area contributed by atoms with E-state index in [0.29, 0.717) is 24.9 Å². The lowest BCUT2D eigenvalue weighted by molar-refractivity contribution is -0.197. The van der Waals surface area contributed by atoms with Crippen LogP contribution in [0.2, 0.25) is 0 Å². The number of hydrogen-bond donors (Lipinski definition) is 1. The van der Waals surface area contributed by atoms with Gasteiger partial charge in [0.1, 0.15) is 6.61 Å². The molecular formula is C24H26O3. The van der Waals surface area contributed by atoms with Crippen LogP contribution in [0.1, 0.15) is 44.1 Å². The van der Waals surface area contributed by atoms with Crippen LogP contribution in [0, 0.1) is 17.3 Å². The van der Waals surface area contributed by atoms with E-state index in [-0.39, 0.29) is 5.97 Å². The van der Waals surface area contributed by atoms with E-state index < -0.39 is 11.0 Å². The first-order valence-electron chi connectivity index (χ1n) is 10.1. The predicted octanol–water partition coefficient (Wildman–Crippen LogP) is 4.73. The number of aliphatic hydroxyl groups is 1. The highest BCUT2D eigenvalue weighted by atomic mass is 16.5. The Balaban J connectivity index is 1.26. The molecule has 4 bridgehead atoms. The maximum absolute atomic E-state index is 13.0. The second-order valence-corrected chi connectivity index (χ2v) is 9.10. The summed E-state index contributed by atoms with van der Waals surface area (Å²) in [4.78, 5) is 13.0. The summed E-state index contributed by atoms with van der Waals surface area (Å²) in [5.41, 5.74) is 2.28. The normalized spacial score (nSPS) is 33.8. The molecule has 6 rings (SSSR count). The first-order chi connectivity index (χ1) is 13.0. The van der Waals surface area contributed by atoms with Gasteiger partial charge in [-0.3, -0.25) is 4.79 Å². The summed E-state index contributed by atoms with van der Waals surface area (Å²) in [7, 11) is 0. The summed E-state index contributed by atoms with van der Waals surface area (Å²) in [5.74, 6) is 0.894. The van der Waals surface area contributed by atoms with Gasteiger partial charge in [-0.15, -0.1) is 0 Å². The van der Waals surface area contributed by atoms with Gasteiger partial charge in [0.05, 0.1) is 11.0 Å². The standard InChI is InChI=1S/C24H26O3/c25-22(23-11-18-10-19(12-23)14-24(26,13-18)16-23)27-15-17-6-8-21(9-7-17)20-4-2-1-3-5-20/h1-9,18-19,26H,10-16H2. The molecule has 140 valence electrons. The quantitative estimate of drug-likeness (QED) is 0.800. The number of carbonyl (C=O) groups is 1. The van der Waals surface area contributed by atoms with E-state index in [4.69, 9.17) is 4.74 Å². The van der Waals surface area contributed by atoms with Crippen LogP contribution >= 0.6 is 0 Å². The zero-order valence-corrected chi connectivity index (χ0v) is 15.6. The van der Waals surface area contributed by atoms with Gasteiger partial charge in [-0.2, -0.15) is 0 Å². The Morgan fingerprint density at radius 1 is 0.926 bits per heavy atom. The van der Waals surface area contributed by atoms with E-state index in [1.165, 1.54) is 12.0 Å². The highest BCUT2D eigenvalue weighted by Crippen LogP contribution is 2.62. The Hall–Kier alpha value is -2.13. The van der Waals surface area contributed by atoms with E-state index in [1.807, 2.05) is 30.3 Å². The van der Waals surface area contributed by atoms with Crippen LogP contribution in [0.4, 0.5) is 0 Å². The van der Waals surface area contributed by atoms with E-state index in [1.54, 1.807) is 0 Å². The summed E-state index contributed by atoms with van der Waals surface area (Å²) in [6, 6.07) is 18.5. The Morgan fingerprint density at radius 2 is 1.56 bits per heavy atom. The van der Waals surface area contributed by atoms with E-state index in [9.17, 15) is 9.90 Å². The first-order valence-corrected chi connectivity index (χ1v) is 10.1. The molecular weight excluding hydrogens is 336 g/mol. The molecule has 4 aliphatic carbocycles. The van der Waals surface area contributed by atoms with Crippen LogP contribution in [-0.2, 0) is 16.1 Å². The fraction of sp³-hybridized carbons (Fsp3) is 0.458. The van der Waals surface area contributed by atoms with E-state index >= 15 is 0 Å². The van der Waals surface area contributed by atoms with E-state index in [2.05, 4.69) is 24.3 Å². The van der Waals surface area contributed by atoms with Crippen molar-refractivity contribution in [3.05, 3.63) is 60.2 Å². The van der Waals surface area contributed by atoms with Gasteiger partial charge in [0.25, 0.3) is 0 Å². The second kappa shape index (κ2) is 6.20. The third-order valence-electron chi connectivity index (χ3n) is 6.89. The average Bonchev–Trinajstić information content (AvgIpc) is 2.65. The monoisotopic (exact) mass is 362 g/mol. The third-order valence-corrected chi connectivity index (χ3v) is 6.89. The number of carbonyl (C=O) groups excluding carboxylic acids is 1. The molecule has 4 aliphatic rings. The zero-order chi connectivity index (χ0) is 18.5. The molecule has 2 unspecified atom stereocenters. The summed E-state index contributed by atoms with van der Waals surface area (Å²) in [5, 5.41) is 10.8.